The number of ether oxygens (including phenoxy) is 3. The van der Waals surface area contributed by atoms with Crippen LogP contribution in [0.2, 0.25) is 0 Å². The topological polar surface area (TPSA) is 94.2 Å². The van der Waals surface area contributed by atoms with E-state index in [1.54, 1.807) is 48.5 Å². The van der Waals surface area contributed by atoms with Crippen LogP contribution in [-0.4, -0.2) is 37.7 Å². The van der Waals surface area contributed by atoms with Crippen LogP contribution in [0.15, 0.2) is 60.7 Å². The molecule has 2 aromatic carbocycles. The molecule has 1 saturated heterocycles. The first-order valence-electron chi connectivity index (χ1n) is 11.1. The van der Waals surface area contributed by atoms with E-state index in [0.29, 0.717) is 48.3 Å². The van der Waals surface area contributed by atoms with Gasteiger partial charge in [0, 0.05) is 0 Å². The third kappa shape index (κ3) is 5.83. The average molecular weight is 465 g/mol. The quantitative estimate of drug-likeness (QED) is 0.228. The van der Waals surface area contributed by atoms with Crippen molar-refractivity contribution in [3.8, 4) is 17.2 Å². The molecule has 34 heavy (non-hydrogen) atoms. The summed E-state index contributed by atoms with van der Waals surface area (Å²) in [5.41, 5.74) is 0.693. The highest BCUT2D eigenvalue weighted by molar-refractivity contribution is 6.39. The number of unbranched alkanes of at least 4 members (excludes halogenated alkanes) is 1. The van der Waals surface area contributed by atoms with Gasteiger partial charge in [-0.05, 0) is 61.4 Å². The lowest BCUT2D eigenvalue weighted by atomic mass is 10.1. The van der Waals surface area contributed by atoms with Crippen LogP contribution < -0.4 is 24.4 Å². The highest BCUT2D eigenvalue weighted by atomic mass is 16.5. The summed E-state index contributed by atoms with van der Waals surface area (Å²) in [6.07, 6.45) is 4.98. The van der Waals surface area contributed by atoms with Gasteiger partial charge in [0.25, 0.3) is 11.8 Å². The van der Waals surface area contributed by atoms with Gasteiger partial charge < -0.3 is 14.2 Å². The zero-order chi connectivity index (χ0) is 24.5. The Balaban J connectivity index is 1.87. The Morgan fingerprint density at radius 2 is 1.74 bits per heavy atom. The first kappa shape index (κ1) is 24.6. The number of barbiturate groups is 1. The maximum Gasteiger partial charge on any atom is 0.335 e. The summed E-state index contributed by atoms with van der Waals surface area (Å²) in [4.78, 5) is 39.0. The maximum absolute atomic E-state index is 13.1. The Morgan fingerprint density at radius 3 is 2.41 bits per heavy atom. The zero-order valence-corrected chi connectivity index (χ0v) is 19.3. The first-order chi connectivity index (χ1) is 16.5. The molecule has 178 valence electrons. The van der Waals surface area contributed by atoms with Crippen LogP contribution in [0.1, 0.15) is 32.3 Å². The molecule has 1 aliphatic rings. The van der Waals surface area contributed by atoms with E-state index in [4.69, 9.17) is 14.2 Å². The number of carbonyl (C=O) groups is 3. The lowest BCUT2D eigenvalue weighted by molar-refractivity contribution is -0.122. The molecule has 0 saturated carbocycles. The largest absolute Gasteiger partial charge is 0.494 e. The number of hydrogen-bond acceptors (Lipinski definition) is 6. The Bertz CT molecular complexity index is 1090. The summed E-state index contributed by atoms with van der Waals surface area (Å²) < 4.78 is 16.8. The van der Waals surface area contributed by atoms with Gasteiger partial charge in [0.1, 0.15) is 17.9 Å². The number of hydrogen-bond donors (Lipinski definition) is 1. The van der Waals surface area contributed by atoms with Gasteiger partial charge in [-0.2, -0.15) is 0 Å². The number of rotatable bonds is 11. The van der Waals surface area contributed by atoms with Gasteiger partial charge in [0.05, 0.1) is 18.9 Å². The van der Waals surface area contributed by atoms with Crippen molar-refractivity contribution in [2.45, 2.75) is 26.7 Å². The van der Waals surface area contributed by atoms with E-state index in [2.05, 4.69) is 18.8 Å². The number of anilines is 1. The minimum absolute atomic E-state index is 0.176. The van der Waals surface area contributed by atoms with Gasteiger partial charge in [-0.15, -0.1) is 0 Å². The number of imide groups is 2. The molecule has 3 rings (SSSR count). The molecule has 1 fully saturated rings. The maximum atomic E-state index is 13.1. The molecule has 8 nitrogen and oxygen atoms in total. The van der Waals surface area contributed by atoms with Gasteiger partial charge >= 0.3 is 6.03 Å². The molecule has 1 N–H and O–H groups in total. The molecule has 0 atom stereocenters. The van der Waals surface area contributed by atoms with Gasteiger partial charge in [-0.3, -0.25) is 14.9 Å². The first-order valence-corrected chi connectivity index (χ1v) is 11.1. The van der Waals surface area contributed by atoms with Gasteiger partial charge in [-0.25, -0.2) is 9.69 Å². The van der Waals surface area contributed by atoms with Gasteiger partial charge in [0.2, 0.25) is 0 Å². The lowest BCUT2D eigenvalue weighted by Gasteiger charge is -2.26. The summed E-state index contributed by atoms with van der Waals surface area (Å²) in [7, 11) is 0. The van der Waals surface area contributed by atoms with Gasteiger partial charge in [-0.1, -0.05) is 32.1 Å². The second-order valence-corrected chi connectivity index (χ2v) is 7.39. The summed E-state index contributed by atoms with van der Waals surface area (Å²) in [6, 6.07) is 10.8. The number of carbonyl (C=O) groups excluding carboxylic acids is 3. The van der Waals surface area contributed by atoms with Crippen LogP contribution in [-0.2, 0) is 9.59 Å². The van der Waals surface area contributed by atoms with Crippen LogP contribution in [0.4, 0.5) is 10.5 Å². The minimum atomic E-state index is -0.810. The highest BCUT2D eigenvalue weighted by Gasteiger charge is 2.36. The molecule has 2 aromatic rings. The molecule has 0 aromatic heterocycles. The zero-order valence-electron chi connectivity index (χ0n) is 19.3. The fourth-order valence-corrected chi connectivity index (χ4v) is 3.24. The smallest absolute Gasteiger partial charge is 0.335 e. The van der Waals surface area contributed by atoms with Crippen LogP contribution in [0, 0.1) is 0 Å². The third-order valence-electron chi connectivity index (χ3n) is 4.90. The monoisotopic (exact) mass is 464 g/mol. The number of urea groups is 1. The molecule has 0 bridgehead atoms. The standard InChI is InChI=1S/C26H28N2O6/c1-4-7-15-33-20-11-9-19(10-12-20)28-25(30)21(24(29)27-26(28)31)16-18-8-13-22(34-14-5-2)23(17-18)32-6-3/h5,8-13,16-17H,2,4,6-7,14-15H2,1,3H3,(H,27,29,31)/b21-16-. The molecule has 0 spiro atoms. The van der Waals surface area contributed by atoms with E-state index in [-0.39, 0.29) is 5.57 Å². The fourth-order valence-electron chi connectivity index (χ4n) is 3.24. The Morgan fingerprint density at radius 1 is 0.971 bits per heavy atom. The minimum Gasteiger partial charge on any atom is -0.494 e. The van der Waals surface area contributed by atoms with E-state index in [0.717, 1.165) is 17.7 Å². The molecule has 1 aliphatic heterocycles. The molecular formula is C26H28N2O6. The Hall–Kier alpha value is -4.07. The highest BCUT2D eigenvalue weighted by Crippen LogP contribution is 2.30. The molecule has 1 heterocycles. The van der Waals surface area contributed by atoms with Crippen molar-refractivity contribution in [1.29, 1.82) is 0 Å². The number of amides is 4. The van der Waals surface area contributed by atoms with Crippen LogP contribution >= 0.6 is 0 Å². The number of benzene rings is 2. The second-order valence-electron chi connectivity index (χ2n) is 7.39. The molecule has 4 amide bonds. The van der Waals surface area contributed by atoms with Crippen molar-refractivity contribution < 1.29 is 28.6 Å². The van der Waals surface area contributed by atoms with Crippen molar-refractivity contribution >= 4 is 29.6 Å². The second kappa shape index (κ2) is 11.7. The van der Waals surface area contributed by atoms with E-state index in [1.165, 1.54) is 6.08 Å². The van der Waals surface area contributed by atoms with Crippen LogP contribution in [0.3, 0.4) is 0 Å². The molecule has 0 radical (unpaired) electrons. The van der Waals surface area contributed by atoms with Crippen LogP contribution in [0.5, 0.6) is 17.2 Å². The summed E-state index contributed by atoms with van der Waals surface area (Å²) in [5, 5.41) is 2.22. The molecule has 0 aliphatic carbocycles. The van der Waals surface area contributed by atoms with Crippen molar-refractivity contribution in [2.24, 2.45) is 0 Å². The third-order valence-corrected chi connectivity index (χ3v) is 4.90. The van der Waals surface area contributed by atoms with E-state index >= 15 is 0 Å². The van der Waals surface area contributed by atoms with E-state index in [9.17, 15) is 14.4 Å². The Labute approximate surface area is 198 Å². The molecular weight excluding hydrogens is 436 g/mol. The average Bonchev–Trinajstić information content (AvgIpc) is 2.82. The lowest BCUT2D eigenvalue weighted by Crippen LogP contribution is -2.54. The van der Waals surface area contributed by atoms with Gasteiger partial charge in [0.15, 0.2) is 11.5 Å². The predicted molar refractivity (Wildman–Crippen MR) is 129 cm³/mol. The predicted octanol–water partition coefficient (Wildman–Crippen LogP) is 4.50. The normalized spacial score (nSPS) is 14.7. The molecule has 8 heteroatoms. The summed E-state index contributed by atoms with van der Waals surface area (Å²) in [6.45, 7) is 8.83. The fraction of sp³-hybridized carbons (Fsp3) is 0.269. The van der Waals surface area contributed by atoms with Crippen molar-refractivity contribution in [2.75, 3.05) is 24.7 Å². The van der Waals surface area contributed by atoms with E-state index in [1.807, 2.05) is 6.92 Å². The summed E-state index contributed by atoms with van der Waals surface area (Å²) in [5.74, 6) is 0.125. The van der Waals surface area contributed by atoms with Crippen LogP contribution in [0.25, 0.3) is 6.08 Å². The van der Waals surface area contributed by atoms with Crippen molar-refractivity contribution in [1.82, 2.24) is 5.32 Å². The SMILES string of the molecule is C=CCOc1ccc(/C=C2/C(=O)NC(=O)N(c3ccc(OCCCC)cc3)C2=O)cc1OCC. The van der Waals surface area contributed by atoms with Crippen molar-refractivity contribution in [3.63, 3.8) is 0 Å². The summed E-state index contributed by atoms with van der Waals surface area (Å²) >= 11 is 0. The number of nitrogens with one attached hydrogen (secondary N) is 1. The molecule has 0 unspecified atom stereocenters. The van der Waals surface area contributed by atoms with E-state index < -0.39 is 17.8 Å². The number of nitrogens with zero attached hydrogens (tertiary/aromatic N) is 1. The van der Waals surface area contributed by atoms with Crippen molar-refractivity contribution in [3.05, 3.63) is 66.3 Å². The Kier molecular flexibility index (Phi) is 8.45.